The van der Waals surface area contributed by atoms with E-state index in [1.54, 1.807) is 47.3 Å². The van der Waals surface area contributed by atoms with Crippen molar-refractivity contribution in [2.75, 3.05) is 12.4 Å². The second-order valence-corrected chi connectivity index (χ2v) is 5.80. The topological polar surface area (TPSA) is 73.2 Å². The SMILES string of the molecule is COC(=O)c1ccc(C=CC(=O)Nc2ccnn2Cc2ccccc2)cc1. The van der Waals surface area contributed by atoms with Crippen LogP contribution >= 0.6 is 0 Å². The zero-order valence-corrected chi connectivity index (χ0v) is 14.8. The minimum absolute atomic E-state index is 0.262. The number of hydrogen-bond acceptors (Lipinski definition) is 4. The summed E-state index contributed by atoms with van der Waals surface area (Å²) in [5.74, 6) is -0.0358. The van der Waals surface area contributed by atoms with Crippen molar-refractivity contribution >= 4 is 23.8 Å². The smallest absolute Gasteiger partial charge is 0.337 e. The Bertz CT molecular complexity index is 944. The summed E-state index contributed by atoms with van der Waals surface area (Å²) in [4.78, 5) is 23.6. The van der Waals surface area contributed by atoms with Crippen LogP contribution in [0.1, 0.15) is 21.5 Å². The molecule has 27 heavy (non-hydrogen) atoms. The van der Waals surface area contributed by atoms with Crippen molar-refractivity contribution in [2.24, 2.45) is 0 Å². The second-order valence-electron chi connectivity index (χ2n) is 5.80. The summed E-state index contributed by atoms with van der Waals surface area (Å²) >= 11 is 0. The normalized spacial score (nSPS) is 10.7. The molecule has 6 nitrogen and oxygen atoms in total. The van der Waals surface area contributed by atoms with Crippen LogP contribution in [-0.2, 0) is 16.1 Å². The lowest BCUT2D eigenvalue weighted by Crippen LogP contribution is -2.13. The highest BCUT2D eigenvalue weighted by Crippen LogP contribution is 2.11. The number of esters is 1. The van der Waals surface area contributed by atoms with Gasteiger partial charge in [-0.1, -0.05) is 42.5 Å². The molecule has 1 heterocycles. The molecule has 0 aliphatic heterocycles. The third kappa shape index (κ3) is 4.92. The number of nitrogens with zero attached hydrogens (tertiary/aromatic N) is 2. The molecule has 1 amide bonds. The lowest BCUT2D eigenvalue weighted by Gasteiger charge is -2.07. The number of methoxy groups -OCH3 is 1. The Labute approximate surface area is 157 Å². The van der Waals surface area contributed by atoms with E-state index in [9.17, 15) is 9.59 Å². The summed E-state index contributed by atoms with van der Waals surface area (Å²) < 4.78 is 6.39. The predicted molar refractivity (Wildman–Crippen MR) is 103 cm³/mol. The number of benzene rings is 2. The maximum Gasteiger partial charge on any atom is 0.337 e. The molecule has 2 aromatic carbocycles. The minimum Gasteiger partial charge on any atom is -0.465 e. The Hall–Kier alpha value is -3.67. The summed E-state index contributed by atoms with van der Waals surface area (Å²) in [7, 11) is 1.34. The monoisotopic (exact) mass is 361 g/mol. The van der Waals surface area contributed by atoms with E-state index in [1.807, 2.05) is 30.3 Å². The van der Waals surface area contributed by atoms with Crippen LogP contribution in [0.4, 0.5) is 5.82 Å². The number of nitrogens with one attached hydrogen (secondary N) is 1. The molecule has 1 aromatic heterocycles. The third-order valence-electron chi connectivity index (χ3n) is 3.90. The van der Waals surface area contributed by atoms with Gasteiger partial charge in [0.2, 0.25) is 5.91 Å². The van der Waals surface area contributed by atoms with Gasteiger partial charge in [-0.3, -0.25) is 4.79 Å². The number of amides is 1. The van der Waals surface area contributed by atoms with Gasteiger partial charge in [-0.25, -0.2) is 9.48 Å². The van der Waals surface area contributed by atoms with E-state index in [1.165, 1.54) is 13.2 Å². The van der Waals surface area contributed by atoms with E-state index in [0.717, 1.165) is 11.1 Å². The Morgan fingerprint density at radius 1 is 1.07 bits per heavy atom. The number of ether oxygens (including phenoxy) is 1. The molecule has 0 bridgehead atoms. The predicted octanol–water partition coefficient (Wildman–Crippen LogP) is 3.37. The van der Waals surface area contributed by atoms with Crippen LogP contribution in [-0.4, -0.2) is 28.8 Å². The zero-order valence-electron chi connectivity index (χ0n) is 14.8. The average Bonchev–Trinajstić information content (AvgIpc) is 3.13. The summed E-state index contributed by atoms with van der Waals surface area (Å²) in [5, 5.41) is 7.07. The third-order valence-corrected chi connectivity index (χ3v) is 3.90. The molecule has 0 aliphatic rings. The number of aromatic nitrogens is 2. The first-order valence-corrected chi connectivity index (χ1v) is 8.39. The molecule has 3 rings (SSSR count). The van der Waals surface area contributed by atoms with Gasteiger partial charge in [0.25, 0.3) is 0 Å². The molecular weight excluding hydrogens is 342 g/mol. The van der Waals surface area contributed by atoms with Crippen LogP contribution in [0, 0.1) is 0 Å². The molecular formula is C21H19N3O3. The van der Waals surface area contributed by atoms with Crippen molar-refractivity contribution in [1.29, 1.82) is 0 Å². The highest BCUT2D eigenvalue weighted by molar-refractivity contribution is 6.01. The Morgan fingerprint density at radius 2 is 1.81 bits per heavy atom. The number of hydrogen-bond donors (Lipinski definition) is 1. The molecule has 0 saturated carbocycles. The molecule has 0 aliphatic carbocycles. The summed E-state index contributed by atoms with van der Waals surface area (Å²) in [6, 6.07) is 18.4. The van der Waals surface area contributed by atoms with E-state index in [-0.39, 0.29) is 5.91 Å². The van der Waals surface area contributed by atoms with E-state index < -0.39 is 5.97 Å². The fourth-order valence-corrected chi connectivity index (χ4v) is 2.51. The van der Waals surface area contributed by atoms with Gasteiger partial charge < -0.3 is 10.1 Å². The fourth-order valence-electron chi connectivity index (χ4n) is 2.51. The van der Waals surface area contributed by atoms with Crippen molar-refractivity contribution in [2.45, 2.75) is 6.54 Å². The zero-order chi connectivity index (χ0) is 19.1. The van der Waals surface area contributed by atoms with Crippen molar-refractivity contribution in [1.82, 2.24) is 9.78 Å². The highest BCUT2D eigenvalue weighted by atomic mass is 16.5. The minimum atomic E-state index is -0.394. The summed E-state index contributed by atoms with van der Waals surface area (Å²) in [6.45, 7) is 0.572. The van der Waals surface area contributed by atoms with Crippen LogP contribution in [0.2, 0.25) is 0 Å². The first kappa shape index (κ1) is 18.1. The standard InChI is InChI=1S/C21H19N3O3/c1-27-21(26)18-10-7-16(8-11-18)9-12-20(25)23-19-13-14-22-24(19)15-17-5-3-2-4-6-17/h2-14H,15H2,1H3,(H,23,25). The Morgan fingerprint density at radius 3 is 2.52 bits per heavy atom. The van der Waals surface area contributed by atoms with Crippen LogP contribution in [0.3, 0.4) is 0 Å². The van der Waals surface area contributed by atoms with Gasteiger partial charge in [-0.05, 0) is 29.3 Å². The van der Waals surface area contributed by atoms with E-state index in [0.29, 0.717) is 17.9 Å². The molecule has 3 aromatic rings. The molecule has 0 fully saturated rings. The van der Waals surface area contributed by atoms with E-state index in [2.05, 4.69) is 15.2 Å². The molecule has 136 valence electrons. The van der Waals surface area contributed by atoms with Gasteiger partial charge in [0.1, 0.15) is 5.82 Å². The van der Waals surface area contributed by atoms with Gasteiger partial charge in [0, 0.05) is 12.1 Å². The lowest BCUT2D eigenvalue weighted by atomic mass is 10.1. The maximum atomic E-state index is 12.2. The quantitative estimate of drug-likeness (QED) is 0.540. The lowest BCUT2D eigenvalue weighted by molar-refractivity contribution is -0.111. The molecule has 0 atom stereocenters. The van der Waals surface area contributed by atoms with Crippen molar-refractivity contribution < 1.29 is 14.3 Å². The molecule has 0 spiro atoms. The number of carbonyl (C=O) groups excluding carboxylic acids is 2. The summed E-state index contributed by atoms with van der Waals surface area (Å²) in [5.41, 5.74) is 2.36. The number of carbonyl (C=O) groups is 2. The van der Waals surface area contributed by atoms with Crippen LogP contribution < -0.4 is 5.32 Å². The Kier molecular flexibility index (Phi) is 5.79. The van der Waals surface area contributed by atoms with E-state index in [4.69, 9.17) is 0 Å². The number of anilines is 1. The average molecular weight is 361 g/mol. The first-order valence-electron chi connectivity index (χ1n) is 8.39. The van der Waals surface area contributed by atoms with Crippen LogP contribution in [0.15, 0.2) is 72.9 Å². The van der Waals surface area contributed by atoms with Crippen LogP contribution in [0.25, 0.3) is 6.08 Å². The van der Waals surface area contributed by atoms with Crippen molar-refractivity contribution in [3.8, 4) is 0 Å². The van der Waals surface area contributed by atoms with Gasteiger partial charge >= 0.3 is 5.97 Å². The van der Waals surface area contributed by atoms with Gasteiger partial charge in [0.05, 0.1) is 25.4 Å². The molecule has 0 unspecified atom stereocenters. The fraction of sp³-hybridized carbons (Fsp3) is 0.0952. The van der Waals surface area contributed by atoms with Crippen molar-refractivity contribution in [3.63, 3.8) is 0 Å². The summed E-state index contributed by atoms with van der Waals surface area (Å²) in [6.07, 6.45) is 4.76. The molecule has 1 N–H and O–H groups in total. The van der Waals surface area contributed by atoms with Gasteiger partial charge in [-0.2, -0.15) is 5.10 Å². The number of rotatable bonds is 6. The van der Waals surface area contributed by atoms with Crippen LogP contribution in [0.5, 0.6) is 0 Å². The largest absolute Gasteiger partial charge is 0.465 e. The maximum absolute atomic E-state index is 12.2. The molecule has 6 heteroatoms. The van der Waals surface area contributed by atoms with Gasteiger partial charge in [-0.15, -0.1) is 0 Å². The highest BCUT2D eigenvalue weighted by Gasteiger charge is 2.06. The Balaban J connectivity index is 1.62. The van der Waals surface area contributed by atoms with Crippen molar-refractivity contribution in [3.05, 3.63) is 89.6 Å². The van der Waals surface area contributed by atoms with E-state index >= 15 is 0 Å². The van der Waals surface area contributed by atoms with Gasteiger partial charge in [0.15, 0.2) is 0 Å². The second kappa shape index (κ2) is 8.62. The first-order chi connectivity index (χ1) is 13.2. The molecule has 0 saturated heterocycles. The molecule has 0 radical (unpaired) electrons.